The number of hydrogen-bond acceptors (Lipinski definition) is 4. The van der Waals surface area contributed by atoms with Gasteiger partial charge in [0.2, 0.25) is 0 Å². The zero-order valence-electron chi connectivity index (χ0n) is 17.2. The van der Waals surface area contributed by atoms with Gasteiger partial charge in [0.15, 0.2) is 16.6 Å². The molecule has 1 heterocycles. The molecule has 1 aliphatic rings. The van der Waals surface area contributed by atoms with Gasteiger partial charge >= 0.3 is 0 Å². The molecule has 0 aliphatic carbocycles. The Labute approximate surface area is 176 Å². The molecule has 0 fully saturated rings. The van der Waals surface area contributed by atoms with Gasteiger partial charge < -0.3 is 25.4 Å². The first-order valence-electron chi connectivity index (χ1n) is 9.23. The van der Waals surface area contributed by atoms with Crippen molar-refractivity contribution in [1.82, 2.24) is 10.6 Å². The van der Waals surface area contributed by atoms with Crippen molar-refractivity contribution in [2.45, 2.75) is 26.8 Å². The number of hydrogen-bond donors (Lipinski definition) is 3. The second-order valence-electron chi connectivity index (χ2n) is 6.96. The van der Waals surface area contributed by atoms with Gasteiger partial charge in [-0.05, 0) is 67.9 Å². The van der Waals surface area contributed by atoms with Crippen molar-refractivity contribution in [3.05, 3.63) is 64.4 Å². The van der Waals surface area contributed by atoms with Crippen molar-refractivity contribution >= 4 is 28.9 Å². The molecule has 3 N–H and O–H groups in total. The van der Waals surface area contributed by atoms with Crippen LogP contribution in [0.15, 0.2) is 47.7 Å². The van der Waals surface area contributed by atoms with E-state index >= 15 is 0 Å². The van der Waals surface area contributed by atoms with Gasteiger partial charge in [-0.25, -0.2) is 0 Å². The number of rotatable bonds is 5. The lowest BCUT2D eigenvalue weighted by Gasteiger charge is -2.30. The molecule has 0 radical (unpaired) electrons. The number of carbonyl (C=O) groups is 1. The Morgan fingerprint density at radius 3 is 2.45 bits per heavy atom. The lowest BCUT2D eigenvalue weighted by atomic mass is 9.94. The highest BCUT2D eigenvalue weighted by atomic mass is 32.1. The van der Waals surface area contributed by atoms with E-state index < -0.39 is 6.04 Å². The number of anilines is 1. The maximum atomic E-state index is 13.3. The van der Waals surface area contributed by atoms with Gasteiger partial charge in [-0.3, -0.25) is 4.79 Å². The van der Waals surface area contributed by atoms with E-state index in [1.807, 2.05) is 57.2 Å². The third-order valence-corrected chi connectivity index (χ3v) is 5.12. The molecular weight excluding hydrogens is 386 g/mol. The van der Waals surface area contributed by atoms with Crippen LogP contribution in [-0.4, -0.2) is 25.2 Å². The molecule has 7 heteroatoms. The van der Waals surface area contributed by atoms with Crippen LogP contribution in [0.1, 0.15) is 29.7 Å². The van der Waals surface area contributed by atoms with Crippen LogP contribution in [0.2, 0.25) is 0 Å². The average molecular weight is 412 g/mol. The molecule has 1 atom stereocenters. The lowest BCUT2D eigenvalue weighted by molar-refractivity contribution is -0.113. The van der Waals surface area contributed by atoms with Crippen LogP contribution in [0.4, 0.5) is 5.69 Å². The van der Waals surface area contributed by atoms with E-state index in [1.165, 1.54) is 0 Å². The van der Waals surface area contributed by atoms with E-state index in [9.17, 15) is 4.79 Å². The van der Waals surface area contributed by atoms with Gasteiger partial charge in [-0.2, -0.15) is 0 Å². The normalized spacial score (nSPS) is 16.0. The number of allylic oxidation sites excluding steroid dienone is 1. The summed E-state index contributed by atoms with van der Waals surface area (Å²) in [4.78, 5) is 13.3. The highest BCUT2D eigenvalue weighted by molar-refractivity contribution is 7.80. The third-order valence-electron chi connectivity index (χ3n) is 4.90. The first-order valence-corrected chi connectivity index (χ1v) is 9.63. The van der Waals surface area contributed by atoms with Crippen LogP contribution < -0.4 is 25.4 Å². The molecule has 0 spiro atoms. The fraction of sp³-hybridized carbons (Fsp3) is 0.273. The van der Waals surface area contributed by atoms with E-state index in [-0.39, 0.29) is 5.91 Å². The molecule has 0 saturated carbocycles. The Morgan fingerprint density at radius 2 is 1.76 bits per heavy atom. The highest BCUT2D eigenvalue weighted by Gasteiger charge is 2.30. The summed E-state index contributed by atoms with van der Waals surface area (Å²) < 4.78 is 10.7. The van der Waals surface area contributed by atoms with Crippen LogP contribution >= 0.6 is 12.2 Å². The second kappa shape index (κ2) is 8.53. The quantitative estimate of drug-likeness (QED) is 0.651. The predicted octanol–water partition coefficient (Wildman–Crippen LogP) is 3.75. The minimum atomic E-state index is -0.423. The number of aryl methyl sites for hydroxylation is 2. The minimum Gasteiger partial charge on any atom is -0.493 e. The van der Waals surface area contributed by atoms with Crippen molar-refractivity contribution in [1.29, 1.82) is 0 Å². The highest BCUT2D eigenvalue weighted by Crippen LogP contribution is 2.34. The predicted molar refractivity (Wildman–Crippen MR) is 118 cm³/mol. The summed E-state index contributed by atoms with van der Waals surface area (Å²) in [6.45, 7) is 5.81. The fourth-order valence-electron chi connectivity index (χ4n) is 3.34. The van der Waals surface area contributed by atoms with Gasteiger partial charge in [0.25, 0.3) is 5.91 Å². The van der Waals surface area contributed by atoms with E-state index in [2.05, 4.69) is 16.0 Å². The van der Waals surface area contributed by atoms with Gasteiger partial charge in [0.1, 0.15) is 0 Å². The number of carbonyl (C=O) groups excluding carboxylic acids is 1. The molecular formula is C22H25N3O3S. The molecule has 0 saturated heterocycles. The van der Waals surface area contributed by atoms with Crippen LogP contribution in [0.5, 0.6) is 11.5 Å². The lowest BCUT2D eigenvalue weighted by Crippen LogP contribution is -2.45. The first-order chi connectivity index (χ1) is 13.8. The summed E-state index contributed by atoms with van der Waals surface area (Å²) in [6.07, 6.45) is 0. The summed E-state index contributed by atoms with van der Waals surface area (Å²) >= 11 is 5.33. The summed E-state index contributed by atoms with van der Waals surface area (Å²) in [5.41, 5.74) is 4.97. The van der Waals surface area contributed by atoms with Crippen molar-refractivity contribution in [2.24, 2.45) is 0 Å². The number of ether oxygens (including phenoxy) is 2. The molecule has 152 valence electrons. The van der Waals surface area contributed by atoms with Gasteiger partial charge in [-0.15, -0.1) is 0 Å². The molecule has 0 aromatic heterocycles. The molecule has 0 unspecified atom stereocenters. The summed E-state index contributed by atoms with van der Waals surface area (Å²) in [6, 6.07) is 11.1. The monoisotopic (exact) mass is 411 g/mol. The summed E-state index contributed by atoms with van der Waals surface area (Å²) in [5, 5.41) is 9.76. The van der Waals surface area contributed by atoms with Crippen molar-refractivity contribution in [2.75, 3.05) is 19.5 Å². The van der Waals surface area contributed by atoms with Crippen molar-refractivity contribution in [3.63, 3.8) is 0 Å². The topological polar surface area (TPSA) is 71.6 Å². The molecule has 29 heavy (non-hydrogen) atoms. The van der Waals surface area contributed by atoms with Crippen molar-refractivity contribution < 1.29 is 14.3 Å². The molecule has 0 bridgehead atoms. The molecule has 2 aromatic rings. The number of methoxy groups -OCH3 is 2. The summed E-state index contributed by atoms with van der Waals surface area (Å²) in [5.74, 6) is 1.01. The fourth-order valence-corrected chi connectivity index (χ4v) is 3.61. The Morgan fingerprint density at radius 1 is 1.03 bits per heavy atom. The average Bonchev–Trinajstić information content (AvgIpc) is 2.69. The standard InChI is InChI=1S/C22H25N3O3S/c1-12-6-7-13(2)16(10-12)24-21(26)19-14(3)23-22(29)25-20(19)15-8-9-17(27-4)18(11-15)28-5/h6-11,20H,1-5H3,(H,24,26)(H2,23,25,29)/t20-/m0/s1. The minimum absolute atomic E-state index is 0.196. The zero-order valence-corrected chi connectivity index (χ0v) is 18.0. The third kappa shape index (κ3) is 4.35. The van der Waals surface area contributed by atoms with Crippen LogP contribution in [0, 0.1) is 13.8 Å². The second-order valence-corrected chi connectivity index (χ2v) is 7.37. The Balaban J connectivity index is 2.00. The maximum Gasteiger partial charge on any atom is 0.255 e. The van der Waals surface area contributed by atoms with Crippen LogP contribution in [0.3, 0.4) is 0 Å². The Bertz CT molecular complexity index is 1000. The largest absolute Gasteiger partial charge is 0.493 e. The van der Waals surface area contributed by atoms with Crippen LogP contribution in [0.25, 0.3) is 0 Å². The van der Waals surface area contributed by atoms with E-state index in [0.29, 0.717) is 27.9 Å². The molecule has 3 rings (SSSR count). The molecule has 1 amide bonds. The smallest absolute Gasteiger partial charge is 0.255 e. The molecule has 6 nitrogen and oxygen atoms in total. The Kier molecular flexibility index (Phi) is 6.08. The van der Waals surface area contributed by atoms with E-state index in [1.54, 1.807) is 14.2 Å². The molecule has 1 aliphatic heterocycles. The SMILES string of the molecule is COc1ccc([C@@H]2NC(=S)NC(C)=C2C(=O)Nc2cc(C)ccc2C)cc1OC. The number of thiocarbonyl (C=S) groups is 1. The van der Waals surface area contributed by atoms with Gasteiger partial charge in [0.05, 0.1) is 25.8 Å². The van der Waals surface area contributed by atoms with Gasteiger partial charge in [0, 0.05) is 11.4 Å². The van der Waals surface area contributed by atoms with E-state index in [0.717, 1.165) is 22.4 Å². The van der Waals surface area contributed by atoms with Crippen LogP contribution in [-0.2, 0) is 4.79 Å². The number of benzene rings is 2. The number of amides is 1. The summed E-state index contributed by atoms with van der Waals surface area (Å²) in [7, 11) is 3.17. The maximum absolute atomic E-state index is 13.3. The van der Waals surface area contributed by atoms with Gasteiger partial charge in [-0.1, -0.05) is 18.2 Å². The molecule has 2 aromatic carbocycles. The van der Waals surface area contributed by atoms with E-state index in [4.69, 9.17) is 21.7 Å². The zero-order chi connectivity index (χ0) is 21.1. The Hall–Kier alpha value is -3.06. The van der Waals surface area contributed by atoms with Crippen molar-refractivity contribution in [3.8, 4) is 11.5 Å². The first kappa shape index (κ1) is 20.7. The number of nitrogens with one attached hydrogen (secondary N) is 3.